The fraction of sp³-hybridized carbons (Fsp3) is 0.444. The van der Waals surface area contributed by atoms with Gasteiger partial charge >= 0.3 is 18.0 Å². The van der Waals surface area contributed by atoms with E-state index in [1.165, 1.54) is 18.3 Å². The summed E-state index contributed by atoms with van der Waals surface area (Å²) >= 11 is 0. The van der Waals surface area contributed by atoms with E-state index in [1.807, 2.05) is 31.2 Å². The number of halogens is 3. The predicted octanol–water partition coefficient (Wildman–Crippen LogP) is 5.73. The molecule has 1 fully saturated rings. The van der Waals surface area contributed by atoms with Crippen LogP contribution in [0, 0.1) is 16.0 Å². The number of nitro groups is 1. The Morgan fingerprint density at radius 1 is 1.08 bits per heavy atom. The molecule has 208 valence electrons. The molecule has 1 atom stereocenters. The minimum Gasteiger partial charge on any atom is -0.494 e. The van der Waals surface area contributed by atoms with E-state index < -0.39 is 22.3 Å². The fourth-order valence-electron chi connectivity index (χ4n) is 4.91. The molecule has 39 heavy (non-hydrogen) atoms. The number of benzene rings is 2. The van der Waals surface area contributed by atoms with Crippen molar-refractivity contribution >= 4 is 11.5 Å². The van der Waals surface area contributed by atoms with E-state index in [0.29, 0.717) is 30.6 Å². The molecule has 1 unspecified atom stereocenters. The molecule has 0 amide bonds. The smallest absolute Gasteiger partial charge is 0.416 e. The number of imidazole rings is 1. The number of alkyl halides is 3. The SMILES string of the molecule is CC1(COc2ccc(N3CCC(CCOc4ccc(C(F)(F)F)cc4)CC3)cc2)Cn2cc([N+](=O)[O-])nc2O1. The van der Waals surface area contributed by atoms with Crippen molar-refractivity contribution in [2.24, 2.45) is 5.92 Å². The van der Waals surface area contributed by atoms with Crippen LogP contribution in [-0.2, 0) is 12.7 Å². The summed E-state index contributed by atoms with van der Waals surface area (Å²) in [5, 5.41) is 10.9. The quantitative estimate of drug-likeness (QED) is 0.250. The maximum absolute atomic E-state index is 12.7. The number of hydrogen-bond acceptors (Lipinski definition) is 7. The molecule has 2 aromatic carbocycles. The normalized spacial score (nSPS) is 19.4. The molecule has 0 N–H and O–H groups in total. The molecule has 12 heteroatoms. The minimum absolute atomic E-state index is 0.220. The standard InChI is InChI=1S/C27H29F3N4O5/c1-26(17-33-16-24(34(35)36)31-25(33)39-26)18-38-23-8-4-21(5-9-23)32-13-10-19(11-14-32)12-15-37-22-6-2-20(3-7-22)27(28,29)30/h2-9,16,19H,10-15,17-18H2,1H3. The van der Waals surface area contributed by atoms with Crippen LogP contribution in [0.2, 0.25) is 0 Å². The van der Waals surface area contributed by atoms with Crippen LogP contribution in [0.4, 0.5) is 24.7 Å². The Morgan fingerprint density at radius 2 is 1.72 bits per heavy atom. The van der Waals surface area contributed by atoms with E-state index in [1.54, 1.807) is 4.57 Å². The van der Waals surface area contributed by atoms with E-state index in [9.17, 15) is 23.3 Å². The van der Waals surface area contributed by atoms with Crippen LogP contribution in [0.3, 0.4) is 0 Å². The summed E-state index contributed by atoms with van der Waals surface area (Å²) < 4.78 is 57.1. The molecule has 3 aromatic rings. The lowest BCUT2D eigenvalue weighted by atomic mass is 9.93. The van der Waals surface area contributed by atoms with Crippen molar-refractivity contribution in [3.63, 3.8) is 0 Å². The van der Waals surface area contributed by atoms with Gasteiger partial charge in [-0.15, -0.1) is 0 Å². The third-order valence-corrected chi connectivity index (χ3v) is 7.09. The first-order valence-electron chi connectivity index (χ1n) is 12.8. The number of hydrogen-bond donors (Lipinski definition) is 0. The Bertz CT molecular complexity index is 1260. The molecule has 2 aliphatic rings. The summed E-state index contributed by atoms with van der Waals surface area (Å²) in [6.45, 7) is 4.85. The van der Waals surface area contributed by atoms with Gasteiger partial charge in [0, 0.05) is 23.8 Å². The number of rotatable bonds is 9. The molecule has 0 spiro atoms. The molecule has 5 rings (SSSR count). The number of nitrogens with zero attached hydrogens (tertiary/aromatic N) is 4. The van der Waals surface area contributed by atoms with Crippen molar-refractivity contribution in [3.05, 3.63) is 70.4 Å². The van der Waals surface area contributed by atoms with E-state index >= 15 is 0 Å². The van der Waals surface area contributed by atoms with Crippen LogP contribution in [-0.4, -0.2) is 46.4 Å². The molecule has 3 heterocycles. The van der Waals surface area contributed by atoms with Crippen molar-refractivity contribution in [1.82, 2.24) is 9.55 Å². The fourth-order valence-corrected chi connectivity index (χ4v) is 4.91. The van der Waals surface area contributed by atoms with Crippen LogP contribution in [0.25, 0.3) is 0 Å². The number of ether oxygens (including phenoxy) is 3. The number of aromatic nitrogens is 2. The predicted molar refractivity (Wildman–Crippen MR) is 136 cm³/mol. The molecule has 1 aromatic heterocycles. The summed E-state index contributed by atoms with van der Waals surface area (Å²) in [5.74, 6) is 1.42. The average Bonchev–Trinajstić information content (AvgIpc) is 3.44. The van der Waals surface area contributed by atoms with Gasteiger partial charge < -0.3 is 29.2 Å². The van der Waals surface area contributed by atoms with Gasteiger partial charge in [-0.05, 0) is 85.6 Å². The second-order valence-electron chi connectivity index (χ2n) is 10.2. The van der Waals surface area contributed by atoms with Crippen molar-refractivity contribution in [2.75, 3.05) is 31.2 Å². The zero-order valence-electron chi connectivity index (χ0n) is 21.4. The van der Waals surface area contributed by atoms with Crippen LogP contribution < -0.4 is 19.1 Å². The maximum atomic E-state index is 12.7. The highest BCUT2D eigenvalue weighted by molar-refractivity contribution is 5.49. The van der Waals surface area contributed by atoms with E-state index in [0.717, 1.165) is 50.2 Å². The molecule has 0 bridgehead atoms. The Morgan fingerprint density at radius 3 is 2.33 bits per heavy atom. The highest BCUT2D eigenvalue weighted by atomic mass is 19.4. The van der Waals surface area contributed by atoms with Crippen LogP contribution in [0.1, 0.15) is 31.7 Å². The van der Waals surface area contributed by atoms with Gasteiger partial charge in [0.2, 0.25) is 0 Å². The Balaban J connectivity index is 1.03. The van der Waals surface area contributed by atoms with Gasteiger partial charge in [-0.25, -0.2) is 0 Å². The number of fused-ring (bicyclic) bond motifs is 1. The molecule has 0 aliphatic carbocycles. The first-order chi connectivity index (χ1) is 18.6. The lowest BCUT2D eigenvalue weighted by molar-refractivity contribution is -0.389. The van der Waals surface area contributed by atoms with Crippen molar-refractivity contribution in [3.8, 4) is 17.5 Å². The zero-order chi connectivity index (χ0) is 27.6. The average molecular weight is 547 g/mol. The largest absolute Gasteiger partial charge is 0.494 e. The van der Waals surface area contributed by atoms with Gasteiger partial charge in [-0.3, -0.25) is 4.57 Å². The van der Waals surface area contributed by atoms with E-state index in [2.05, 4.69) is 9.88 Å². The van der Waals surface area contributed by atoms with Crippen LogP contribution in [0.15, 0.2) is 54.7 Å². The van der Waals surface area contributed by atoms with Gasteiger partial charge in [0.25, 0.3) is 0 Å². The van der Waals surface area contributed by atoms with Crippen molar-refractivity contribution < 1.29 is 32.3 Å². The van der Waals surface area contributed by atoms with E-state index in [4.69, 9.17) is 14.2 Å². The van der Waals surface area contributed by atoms with Crippen LogP contribution in [0.5, 0.6) is 17.5 Å². The molecule has 0 radical (unpaired) electrons. The van der Waals surface area contributed by atoms with Gasteiger partial charge in [0.05, 0.1) is 18.7 Å². The van der Waals surface area contributed by atoms with Gasteiger partial charge in [0.1, 0.15) is 24.3 Å². The lowest BCUT2D eigenvalue weighted by Crippen LogP contribution is -2.38. The Hall–Kier alpha value is -3.96. The molecule has 2 aliphatic heterocycles. The second-order valence-corrected chi connectivity index (χ2v) is 10.2. The summed E-state index contributed by atoms with van der Waals surface area (Å²) in [6, 6.07) is 12.9. The monoisotopic (exact) mass is 546 g/mol. The minimum atomic E-state index is -4.34. The highest BCUT2D eigenvalue weighted by Gasteiger charge is 2.41. The van der Waals surface area contributed by atoms with E-state index in [-0.39, 0.29) is 18.4 Å². The number of piperidine rings is 1. The van der Waals surface area contributed by atoms with Gasteiger partial charge in [0.15, 0.2) is 5.60 Å². The summed E-state index contributed by atoms with van der Waals surface area (Å²) in [7, 11) is 0. The molecule has 9 nitrogen and oxygen atoms in total. The number of anilines is 1. The second kappa shape index (κ2) is 10.7. The topological polar surface area (TPSA) is 91.9 Å². The Kier molecular flexibility index (Phi) is 7.28. The highest BCUT2D eigenvalue weighted by Crippen LogP contribution is 2.33. The van der Waals surface area contributed by atoms with Crippen molar-refractivity contribution in [1.29, 1.82) is 0 Å². The molecular formula is C27H29F3N4O5. The zero-order valence-corrected chi connectivity index (χ0v) is 21.4. The van der Waals surface area contributed by atoms with Gasteiger partial charge in [-0.2, -0.15) is 13.2 Å². The third kappa shape index (κ3) is 6.37. The molecular weight excluding hydrogens is 517 g/mol. The summed E-state index contributed by atoms with van der Waals surface area (Å²) in [5.41, 5.74) is -0.242. The molecule has 1 saturated heterocycles. The lowest BCUT2D eigenvalue weighted by Gasteiger charge is -2.33. The first kappa shape index (κ1) is 26.6. The summed E-state index contributed by atoms with van der Waals surface area (Å²) in [4.78, 5) is 16.5. The van der Waals surface area contributed by atoms with Gasteiger partial charge in [-0.1, -0.05) is 0 Å². The Labute approximate surface area is 223 Å². The van der Waals surface area contributed by atoms with Crippen LogP contribution >= 0.6 is 0 Å². The maximum Gasteiger partial charge on any atom is 0.416 e. The first-order valence-corrected chi connectivity index (χ1v) is 12.8. The third-order valence-electron chi connectivity index (χ3n) is 7.09. The summed E-state index contributed by atoms with van der Waals surface area (Å²) in [6.07, 6.45) is -0.0990. The van der Waals surface area contributed by atoms with Crippen molar-refractivity contribution in [2.45, 2.75) is 44.5 Å². The molecule has 0 saturated carbocycles.